The lowest BCUT2D eigenvalue weighted by Gasteiger charge is -2.12. The van der Waals surface area contributed by atoms with Crippen molar-refractivity contribution in [2.24, 2.45) is 0 Å². The maximum atomic E-state index is 11.2. The highest BCUT2D eigenvalue weighted by Crippen LogP contribution is 2.29. The number of nitrogens with zero attached hydrogens (tertiary/aromatic N) is 3. The Hall–Kier alpha value is -2.57. The topological polar surface area (TPSA) is 86.5 Å². The second-order valence-corrected chi connectivity index (χ2v) is 4.39. The summed E-state index contributed by atoms with van der Waals surface area (Å²) in [6, 6.07) is 5.24. The van der Waals surface area contributed by atoms with Gasteiger partial charge in [-0.05, 0) is 18.6 Å². The van der Waals surface area contributed by atoms with Crippen LogP contribution in [0.2, 0.25) is 0 Å². The third-order valence-electron chi connectivity index (χ3n) is 3.07. The van der Waals surface area contributed by atoms with Gasteiger partial charge >= 0.3 is 5.97 Å². The Morgan fingerprint density at radius 3 is 2.67 bits per heavy atom. The van der Waals surface area contributed by atoms with Crippen molar-refractivity contribution < 1.29 is 19.4 Å². The zero-order valence-electron chi connectivity index (χ0n) is 12.2. The van der Waals surface area contributed by atoms with E-state index in [9.17, 15) is 9.90 Å². The Morgan fingerprint density at radius 2 is 2.10 bits per heavy atom. The van der Waals surface area contributed by atoms with E-state index in [0.717, 1.165) is 6.42 Å². The molecule has 0 amide bonds. The van der Waals surface area contributed by atoms with Gasteiger partial charge in [0.15, 0.2) is 5.69 Å². The molecule has 1 heterocycles. The van der Waals surface area contributed by atoms with E-state index in [-0.39, 0.29) is 5.69 Å². The quantitative estimate of drug-likeness (QED) is 0.875. The fraction of sp³-hybridized carbons (Fsp3) is 0.357. The van der Waals surface area contributed by atoms with Gasteiger partial charge in [0, 0.05) is 6.07 Å². The molecule has 1 N–H and O–H groups in total. The van der Waals surface area contributed by atoms with E-state index in [2.05, 4.69) is 10.3 Å². The van der Waals surface area contributed by atoms with Crippen molar-refractivity contribution >= 4 is 5.97 Å². The summed E-state index contributed by atoms with van der Waals surface area (Å²) < 4.78 is 12.0. The highest BCUT2D eigenvalue weighted by molar-refractivity contribution is 5.86. The molecule has 0 aliphatic heterocycles. The molecule has 7 nitrogen and oxygen atoms in total. The highest BCUT2D eigenvalue weighted by Gasteiger charge is 2.21. The van der Waals surface area contributed by atoms with Gasteiger partial charge in [0.1, 0.15) is 17.2 Å². The Kier molecular flexibility index (Phi) is 4.42. The minimum Gasteiger partial charge on any atom is -0.497 e. The summed E-state index contributed by atoms with van der Waals surface area (Å²) in [4.78, 5) is 11.2. The molecule has 0 fully saturated rings. The van der Waals surface area contributed by atoms with E-state index in [1.807, 2.05) is 6.92 Å². The first-order valence-electron chi connectivity index (χ1n) is 6.52. The lowest BCUT2D eigenvalue weighted by molar-refractivity contribution is 0.0689. The van der Waals surface area contributed by atoms with Gasteiger partial charge in [-0.25, -0.2) is 9.48 Å². The summed E-state index contributed by atoms with van der Waals surface area (Å²) in [5.41, 5.74) is 1.14. The third kappa shape index (κ3) is 2.81. The first-order chi connectivity index (χ1) is 10.1. The molecule has 0 bridgehead atoms. The molecule has 0 unspecified atom stereocenters. The van der Waals surface area contributed by atoms with E-state index in [1.165, 1.54) is 11.8 Å². The van der Waals surface area contributed by atoms with Crippen molar-refractivity contribution in [3.63, 3.8) is 0 Å². The predicted molar refractivity (Wildman–Crippen MR) is 75.4 cm³/mol. The summed E-state index contributed by atoms with van der Waals surface area (Å²) in [5.74, 6) is 0.0944. The molecule has 1 aromatic carbocycles. The average Bonchev–Trinajstić information content (AvgIpc) is 2.90. The molecule has 7 heteroatoms. The van der Waals surface area contributed by atoms with Gasteiger partial charge < -0.3 is 14.6 Å². The van der Waals surface area contributed by atoms with Crippen LogP contribution in [0, 0.1) is 0 Å². The van der Waals surface area contributed by atoms with Crippen molar-refractivity contribution in [3.05, 3.63) is 29.6 Å². The van der Waals surface area contributed by atoms with Crippen LogP contribution >= 0.6 is 0 Å². The lowest BCUT2D eigenvalue weighted by atomic mass is 10.2. The van der Waals surface area contributed by atoms with Gasteiger partial charge in [-0.1, -0.05) is 18.6 Å². The molecular formula is C14H17N3O4. The monoisotopic (exact) mass is 291 g/mol. The fourth-order valence-electron chi connectivity index (χ4n) is 2.08. The molecule has 2 rings (SSSR count). The maximum absolute atomic E-state index is 11.2. The summed E-state index contributed by atoms with van der Waals surface area (Å²) in [6.45, 7) is 1.97. The van der Waals surface area contributed by atoms with E-state index in [4.69, 9.17) is 9.47 Å². The zero-order valence-corrected chi connectivity index (χ0v) is 12.2. The highest BCUT2D eigenvalue weighted by atomic mass is 16.5. The first-order valence-corrected chi connectivity index (χ1v) is 6.52. The average molecular weight is 291 g/mol. The summed E-state index contributed by atoms with van der Waals surface area (Å²) in [5, 5.41) is 16.9. The SMILES string of the molecule is CCCc1c(C(=O)O)nnn1-c1ccc(OC)cc1OC. The number of rotatable bonds is 6. The smallest absolute Gasteiger partial charge is 0.358 e. The molecule has 0 aliphatic rings. The standard InChI is InChI=1S/C14H17N3O4/c1-4-5-11-13(14(18)19)15-16-17(11)10-7-6-9(20-2)8-12(10)21-3/h6-8H,4-5H2,1-3H3,(H,18,19). The molecule has 0 saturated carbocycles. The van der Waals surface area contributed by atoms with Crippen LogP contribution in [0.25, 0.3) is 5.69 Å². The molecule has 21 heavy (non-hydrogen) atoms. The van der Waals surface area contributed by atoms with Crippen molar-refractivity contribution in [1.29, 1.82) is 0 Å². The molecule has 112 valence electrons. The second-order valence-electron chi connectivity index (χ2n) is 4.39. The Morgan fingerprint density at radius 1 is 1.33 bits per heavy atom. The fourth-order valence-corrected chi connectivity index (χ4v) is 2.08. The molecule has 0 saturated heterocycles. The second kappa shape index (κ2) is 6.25. The molecule has 2 aromatic rings. The van der Waals surface area contributed by atoms with Crippen LogP contribution in [-0.2, 0) is 6.42 Å². The molecular weight excluding hydrogens is 274 g/mol. The van der Waals surface area contributed by atoms with E-state index >= 15 is 0 Å². The summed E-state index contributed by atoms with van der Waals surface area (Å²) >= 11 is 0. The Labute approximate surface area is 122 Å². The number of methoxy groups -OCH3 is 2. The van der Waals surface area contributed by atoms with Crippen molar-refractivity contribution in [2.45, 2.75) is 19.8 Å². The van der Waals surface area contributed by atoms with Crippen LogP contribution in [0.4, 0.5) is 0 Å². The van der Waals surface area contributed by atoms with Crippen LogP contribution in [-0.4, -0.2) is 40.3 Å². The van der Waals surface area contributed by atoms with Crippen molar-refractivity contribution in [2.75, 3.05) is 14.2 Å². The van der Waals surface area contributed by atoms with Crippen LogP contribution in [0.3, 0.4) is 0 Å². The third-order valence-corrected chi connectivity index (χ3v) is 3.07. The van der Waals surface area contributed by atoms with Gasteiger partial charge in [0.2, 0.25) is 0 Å². The molecule has 0 radical (unpaired) electrons. The van der Waals surface area contributed by atoms with Gasteiger partial charge in [0.25, 0.3) is 0 Å². The van der Waals surface area contributed by atoms with Crippen molar-refractivity contribution in [3.8, 4) is 17.2 Å². The number of benzene rings is 1. The maximum Gasteiger partial charge on any atom is 0.358 e. The van der Waals surface area contributed by atoms with Crippen molar-refractivity contribution in [1.82, 2.24) is 15.0 Å². The number of carboxylic acid groups (broad SMARTS) is 1. The van der Waals surface area contributed by atoms with Crippen LogP contribution in [0.5, 0.6) is 11.5 Å². The zero-order chi connectivity index (χ0) is 15.4. The van der Waals surface area contributed by atoms with E-state index in [1.54, 1.807) is 25.3 Å². The molecule has 0 aliphatic carbocycles. The van der Waals surface area contributed by atoms with Crippen LogP contribution in [0.1, 0.15) is 29.5 Å². The number of aromatic nitrogens is 3. The van der Waals surface area contributed by atoms with Gasteiger partial charge in [-0.3, -0.25) is 0 Å². The van der Waals surface area contributed by atoms with Gasteiger partial charge in [-0.15, -0.1) is 5.10 Å². The largest absolute Gasteiger partial charge is 0.497 e. The van der Waals surface area contributed by atoms with Gasteiger partial charge in [0.05, 0.1) is 19.9 Å². The minimum absolute atomic E-state index is 0.0327. The molecule has 1 aromatic heterocycles. The van der Waals surface area contributed by atoms with E-state index < -0.39 is 5.97 Å². The molecule has 0 spiro atoms. The number of carboxylic acids is 1. The number of aromatic carboxylic acids is 1. The lowest BCUT2D eigenvalue weighted by Crippen LogP contribution is -2.08. The Bertz CT molecular complexity index is 652. The van der Waals surface area contributed by atoms with Crippen LogP contribution in [0.15, 0.2) is 18.2 Å². The molecule has 0 atom stereocenters. The van der Waals surface area contributed by atoms with E-state index in [0.29, 0.717) is 29.3 Å². The Balaban J connectivity index is 2.58. The number of carbonyl (C=O) groups is 1. The number of ether oxygens (including phenoxy) is 2. The normalized spacial score (nSPS) is 10.4. The summed E-state index contributed by atoms with van der Waals surface area (Å²) in [7, 11) is 3.10. The van der Waals surface area contributed by atoms with Gasteiger partial charge in [-0.2, -0.15) is 0 Å². The first kappa shape index (κ1) is 14.8. The number of hydrogen-bond acceptors (Lipinski definition) is 5. The predicted octanol–water partition coefficient (Wildman–Crippen LogP) is 1.94. The summed E-state index contributed by atoms with van der Waals surface area (Å²) in [6.07, 6.45) is 1.34. The minimum atomic E-state index is -1.09. The van der Waals surface area contributed by atoms with Crippen LogP contribution < -0.4 is 9.47 Å². The number of hydrogen-bond donors (Lipinski definition) is 1.